The average Bonchev–Trinajstić information content (AvgIpc) is 2.56. The van der Waals surface area contributed by atoms with Gasteiger partial charge in [-0.25, -0.2) is 0 Å². The molecule has 5 nitrogen and oxygen atoms in total. The van der Waals surface area contributed by atoms with Gasteiger partial charge >= 0.3 is 0 Å². The summed E-state index contributed by atoms with van der Waals surface area (Å²) in [7, 11) is 3.41. The number of hydrogen-bond donors (Lipinski definition) is 2. The average molecular weight is 267 g/mol. The van der Waals surface area contributed by atoms with Crippen LogP contribution in [0.3, 0.4) is 0 Å². The second-order valence-corrected chi connectivity index (χ2v) is 4.35. The zero-order chi connectivity index (χ0) is 13.3. The molecule has 0 spiro atoms. The van der Waals surface area contributed by atoms with Gasteiger partial charge in [-0.3, -0.25) is 4.68 Å². The molecule has 1 aromatic carbocycles. The summed E-state index contributed by atoms with van der Waals surface area (Å²) in [5.74, 6) is 1.38. The number of aromatic nitrogens is 2. The van der Waals surface area contributed by atoms with E-state index in [0.717, 1.165) is 17.2 Å². The van der Waals surface area contributed by atoms with Gasteiger partial charge in [-0.1, -0.05) is 11.6 Å². The first kappa shape index (κ1) is 12.6. The Morgan fingerprint density at radius 2 is 2.17 bits per heavy atom. The Morgan fingerprint density at radius 3 is 2.67 bits per heavy atom. The largest absolute Gasteiger partial charge is 0.495 e. The molecule has 0 saturated heterocycles. The summed E-state index contributed by atoms with van der Waals surface area (Å²) >= 11 is 6.06. The molecule has 1 heterocycles. The second-order valence-electron chi connectivity index (χ2n) is 3.95. The van der Waals surface area contributed by atoms with Crippen LogP contribution >= 0.6 is 11.6 Å². The highest BCUT2D eigenvalue weighted by molar-refractivity contribution is 6.32. The molecule has 6 heteroatoms. The molecule has 2 aromatic rings. The van der Waals surface area contributed by atoms with Crippen molar-refractivity contribution in [3.63, 3.8) is 0 Å². The minimum Gasteiger partial charge on any atom is -0.495 e. The number of nitrogens with zero attached hydrogens (tertiary/aromatic N) is 2. The maximum absolute atomic E-state index is 6.06. The van der Waals surface area contributed by atoms with Gasteiger partial charge in [0.05, 0.1) is 23.5 Å². The molecule has 0 aliphatic carbocycles. The maximum Gasteiger partial charge on any atom is 0.152 e. The minimum atomic E-state index is 0.542. The first-order valence-corrected chi connectivity index (χ1v) is 5.80. The molecule has 0 aliphatic heterocycles. The Labute approximate surface area is 110 Å². The van der Waals surface area contributed by atoms with E-state index < -0.39 is 0 Å². The number of halogens is 1. The van der Waals surface area contributed by atoms with Gasteiger partial charge in [0.15, 0.2) is 5.82 Å². The molecule has 0 radical (unpaired) electrons. The van der Waals surface area contributed by atoms with Gasteiger partial charge in [0.25, 0.3) is 0 Å². The van der Waals surface area contributed by atoms with Gasteiger partial charge < -0.3 is 15.8 Å². The van der Waals surface area contributed by atoms with E-state index in [4.69, 9.17) is 22.1 Å². The molecule has 0 saturated carbocycles. The van der Waals surface area contributed by atoms with Crippen molar-refractivity contribution in [2.75, 3.05) is 18.2 Å². The monoisotopic (exact) mass is 266 g/mol. The number of nitrogens with two attached hydrogens (primary N) is 1. The number of benzene rings is 1. The van der Waals surface area contributed by atoms with E-state index >= 15 is 0 Å². The quantitative estimate of drug-likeness (QED) is 0.897. The highest BCUT2D eigenvalue weighted by Crippen LogP contribution is 2.30. The fourth-order valence-electron chi connectivity index (χ4n) is 1.70. The maximum atomic E-state index is 6.06. The zero-order valence-electron chi connectivity index (χ0n) is 10.5. The first-order valence-electron chi connectivity index (χ1n) is 5.42. The van der Waals surface area contributed by atoms with Gasteiger partial charge in [-0.2, -0.15) is 5.10 Å². The van der Waals surface area contributed by atoms with Crippen LogP contribution in [0.25, 0.3) is 0 Å². The number of nitrogen functional groups attached to an aromatic ring is 1. The molecule has 2 rings (SSSR count). The molecule has 0 unspecified atom stereocenters. The number of methoxy groups -OCH3 is 1. The van der Waals surface area contributed by atoms with Crippen LogP contribution in [-0.2, 0) is 7.05 Å². The lowest BCUT2D eigenvalue weighted by atomic mass is 10.3. The fourth-order valence-corrected chi connectivity index (χ4v) is 1.96. The minimum absolute atomic E-state index is 0.542. The van der Waals surface area contributed by atoms with Crippen molar-refractivity contribution >= 4 is 28.8 Å². The number of aryl methyl sites for hydroxylation is 2. The van der Waals surface area contributed by atoms with Gasteiger partial charge in [-0.15, -0.1) is 0 Å². The first-order chi connectivity index (χ1) is 8.52. The van der Waals surface area contributed by atoms with Crippen LogP contribution < -0.4 is 15.8 Å². The van der Waals surface area contributed by atoms with Crippen molar-refractivity contribution in [1.29, 1.82) is 0 Å². The number of hydrogen-bond acceptors (Lipinski definition) is 4. The Bertz CT molecular complexity index is 580. The molecular weight excluding hydrogens is 252 g/mol. The summed E-state index contributed by atoms with van der Waals surface area (Å²) in [5.41, 5.74) is 8.19. The second kappa shape index (κ2) is 4.78. The van der Waals surface area contributed by atoms with E-state index in [-0.39, 0.29) is 0 Å². The summed E-state index contributed by atoms with van der Waals surface area (Å²) in [6, 6.07) is 5.44. The van der Waals surface area contributed by atoms with Crippen LogP contribution in [0.2, 0.25) is 5.02 Å². The molecule has 18 heavy (non-hydrogen) atoms. The highest BCUT2D eigenvalue weighted by atomic mass is 35.5. The molecule has 96 valence electrons. The lowest BCUT2D eigenvalue weighted by Gasteiger charge is -2.09. The third-order valence-corrected chi connectivity index (χ3v) is 2.98. The molecular formula is C12H15ClN4O. The van der Waals surface area contributed by atoms with Crippen LogP contribution in [0.1, 0.15) is 5.69 Å². The molecule has 3 N–H and O–H groups in total. The van der Waals surface area contributed by atoms with Crippen LogP contribution in [0.15, 0.2) is 18.2 Å². The number of anilines is 3. The predicted octanol–water partition coefficient (Wildman–Crippen LogP) is 2.72. The van der Waals surface area contributed by atoms with E-state index in [9.17, 15) is 0 Å². The standard InChI is InChI=1S/C12H15ClN4O/c1-7-11(14)12(17(2)16-7)15-8-4-5-10(18-3)9(13)6-8/h4-6,15H,14H2,1-3H3. The van der Waals surface area contributed by atoms with Crippen LogP contribution in [0.4, 0.5) is 17.2 Å². The molecule has 0 fully saturated rings. The van der Waals surface area contributed by atoms with E-state index in [0.29, 0.717) is 16.5 Å². The summed E-state index contributed by atoms with van der Waals surface area (Å²) < 4.78 is 6.80. The normalized spacial score (nSPS) is 10.4. The van der Waals surface area contributed by atoms with Gasteiger partial charge in [0.1, 0.15) is 5.75 Å². The van der Waals surface area contributed by atoms with Crippen molar-refractivity contribution in [2.24, 2.45) is 7.05 Å². The number of nitrogens with one attached hydrogen (secondary N) is 1. The van der Waals surface area contributed by atoms with Crippen LogP contribution in [-0.4, -0.2) is 16.9 Å². The van der Waals surface area contributed by atoms with Gasteiger partial charge in [-0.05, 0) is 25.1 Å². The summed E-state index contributed by atoms with van der Waals surface area (Å²) in [6.45, 7) is 1.86. The SMILES string of the molecule is COc1ccc(Nc2c(N)c(C)nn2C)cc1Cl. The third kappa shape index (κ3) is 2.22. The Balaban J connectivity index is 2.31. The van der Waals surface area contributed by atoms with E-state index in [2.05, 4.69) is 10.4 Å². The smallest absolute Gasteiger partial charge is 0.152 e. The lowest BCUT2D eigenvalue weighted by Crippen LogP contribution is -2.01. The lowest BCUT2D eigenvalue weighted by molar-refractivity contribution is 0.415. The van der Waals surface area contributed by atoms with Crippen molar-refractivity contribution < 1.29 is 4.74 Å². The van der Waals surface area contributed by atoms with Crippen LogP contribution in [0, 0.1) is 6.92 Å². The van der Waals surface area contributed by atoms with Crippen molar-refractivity contribution in [1.82, 2.24) is 9.78 Å². The molecule has 0 atom stereocenters. The summed E-state index contributed by atoms with van der Waals surface area (Å²) in [5, 5.41) is 7.96. The zero-order valence-corrected chi connectivity index (χ0v) is 11.2. The van der Waals surface area contributed by atoms with E-state index in [1.807, 2.05) is 20.0 Å². The molecule has 0 aliphatic rings. The molecule has 1 aromatic heterocycles. The van der Waals surface area contributed by atoms with Crippen molar-refractivity contribution in [3.8, 4) is 5.75 Å². The van der Waals surface area contributed by atoms with Gasteiger partial charge in [0.2, 0.25) is 0 Å². The van der Waals surface area contributed by atoms with E-state index in [1.165, 1.54) is 0 Å². The number of ether oxygens (including phenoxy) is 1. The number of rotatable bonds is 3. The molecule has 0 bridgehead atoms. The fraction of sp³-hybridized carbons (Fsp3) is 0.250. The summed E-state index contributed by atoms with van der Waals surface area (Å²) in [6.07, 6.45) is 0. The Kier molecular flexibility index (Phi) is 3.34. The van der Waals surface area contributed by atoms with Gasteiger partial charge in [0, 0.05) is 12.7 Å². The van der Waals surface area contributed by atoms with Crippen LogP contribution in [0.5, 0.6) is 5.75 Å². The van der Waals surface area contributed by atoms with E-state index in [1.54, 1.807) is 23.9 Å². The third-order valence-electron chi connectivity index (χ3n) is 2.68. The predicted molar refractivity (Wildman–Crippen MR) is 73.6 cm³/mol. The van der Waals surface area contributed by atoms with Crippen molar-refractivity contribution in [3.05, 3.63) is 28.9 Å². The van der Waals surface area contributed by atoms with Crippen molar-refractivity contribution in [2.45, 2.75) is 6.92 Å². The highest BCUT2D eigenvalue weighted by Gasteiger charge is 2.10. The molecule has 0 amide bonds. The Hall–Kier alpha value is -1.88. The summed E-state index contributed by atoms with van der Waals surface area (Å²) in [4.78, 5) is 0. The Morgan fingerprint density at radius 1 is 1.44 bits per heavy atom. The topological polar surface area (TPSA) is 65.1 Å².